The van der Waals surface area contributed by atoms with E-state index in [9.17, 15) is 4.79 Å². The third-order valence-electron chi connectivity index (χ3n) is 1.98. The number of amides is 1. The Labute approximate surface area is 83.2 Å². The molecule has 1 rings (SSSR count). The van der Waals surface area contributed by atoms with Crippen molar-refractivity contribution in [2.75, 3.05) is 14.2 Å². The van der Waals surface area contributed by atoms with Gasteiger partial charge in [0.15, 0.2) is 0 Å². The third-order valence-corrected chi connectivity index (χ3v) is 1.98. The molecule has 0 bridgehead atoms. The molecule has 0 unspecified atom stereocenters. The highest BCUT2D eigenvalue weighted by atomic mass is 16.7. The molecule has 0 aliphatic heterocycles. The van der Waals surface area contributed by atoms with Gasteiger partial charge in [-0.1, -0.05) is 0 Å². The summed E-state index contributed by atoms with van der Waals surface area (Å²) in [5.74, 6) is 0.149. The van der Waals surface area contributed by atoms with E-state index in [1.807, 2.05) is 13.8 Å². The van der Waals surface area contributed by atoms with Crippen LogP contribution in [0.4, 0.5) is 0 Å². The largest absolute Gasteiger partial charge is 0.324 e. The fraction of sp³-hybridized carbons (Fsp3) is 0.556. The zero-order valence-corrected chi connectivity index (χ0v) is 8.89. The van der Waals surface area contributed by atoms with Crippen LogP contribution >= 0.6 is 0 Å². The topological polar surface area (TPSA) is 47.4 Å². The van der Waals surface area contributed by atoms with Crippen LogP contribution in [0.5, 0.6) is 0 Å². The summed E-state index contributed by atoms with van der Waals surface area (Å²) in [4.78, 5) is 20.5. The molecule has 14 heavy (non-hydrogen) atoms. The van der Waals surface area contributed by atoms with Gasteiger partial charge in [0, 0.05) is 25.5 Å². The van der Waals surface area contributed by atoms with Crippen LogP contribution in [0.2, 0.25) is 0 Å². The molecule has 0 aliphatic carbocycles. The van der Waals surface area contributed by atoms with Gasteiger partial charge in [0.2, 0.25) is 5.82 Å². The number of hydroxylamine groups is 2. The predicted molar refractivity (Wildman–Crippen MR) is 51.7 cm³/mol. The van der Waals surface area contributed by atoms with E-state index in [0.717, 1.165) is 5.06 Å². The number of carbonyl (C=O) groups is 1. The molecule has 0 aliphatic rings. The van der Waals surface area contributed by atoms with Crippen molar-refractivity contribution >= 4 is 5.91 Å². The molecule has 0 saturated carbocycles. The second-order valence-electron chi connectivity index (χ2n) is 3.24. The lowest BCUT2D eigenvalue weighted by molar-refractivity contribution is -0.0767. The molecule has 0 fully saturated rings. The Morgan fingerprint density at radius 3 is 2.79 bits per heavy atom. The molecule has 5 nitrogen and oxygen atoms in total. The fourth-order valence-corrected chi connectivity index (χ4v) is 1.12. The number of hydrogen-bond acceptors (Lipinski definition) is 3. The molecule has 0 atom stereocenters. The number of carbonyl (C=O) groups excluding carboxylic acids is 1. The van der Waals surface area contributed by atoms with Gasteiger partial charge in [-0.05, 0) is 13.8 Å². The van der Waals surface area contributed by atoms with Gasteiger partial charge in [-0.2, -0.15) is 0 Å². The van der Waals surface area contributed by atoms with E-state index >= 15 is 0 Å². The van der Waals surface area contributed by atoms with Gasteiger partial charge in [-0.3, -0.25) is 9.63 Å². The van der Waals surface area contributed by atoms with Crippen LogP contribution in [0.1, 0.15) is 30.5 Å². The van der Waals surface area contributed by atoms with Gasteiger partial charge in [0.05, 0.1) is 7.11 Å². The number of aromatic nitrogens is 2. The zero-order chi connectivity index (χ0) is 10.7. The third kappa shape index (κ3) is 1.93. The average molecular weight is 197 g/mol. The summed E-state index contributed by atoms with van der Waals surface area (Å²) >= 11 is 0. The molecular weight excluding hydrogens is 182 g/mol. The number of imidazole rings is 1. The SMILES string of the molecule is CON(C)C(=O)c1nccn1C(C)C. The summed E-state index contributed by atoms with van der Waals surface area (Å²) in [6.07, 6.45) is 3.39. The van der Waals surface area contributed by atoms with Crippen molar-refractivity contribution in [3.63, 3.8) is 0 Å². The van der Waals surface area contributed by atoms with Crippen molar-refractivity contribution < 1.29 is 9.63 Å². The first-order chi connectivity index (χ1) is 6.57. The fourth-order valence-electron chi connectivity index (χ4n) is 1.12. The van der Waals surface area contributed by atoms with Crippen molar-refractivity contribution in [1.29, 1.82) is 0 Å². The molecule has 1 heterocycles. The molecule has 0 saturated heterocycles. The minimum atomic E-state index is -0.244. The zero-order valence-electron chi connectivity index (χ0n) is 8.89. The van der Waals surface area contributed by atoms with Crippen LogP contribution in [0.15, 0.2) is 12.4 Å². The van der Waals surface area contributed by atoms with Gasteiger partial charge < -0.3 is 4.57 Å². The second kappa shape index (κ2) is 4.23. The van der Waals surface area contributed by atoms with Crippen LogP contribution in [0.25, 0.3) is 0 Å². The summed E-state index contributed by atoms with van der Waals surface area (Å²) < 4.78 is 1.80. The summed E-state index contributed by atoms with van der Waals surface area (Å²) in [5, 5.41) is 1.15. The Bertz CT molecular complexity index is 320. The smallest absolute Gasteiger partial charge is 0.313 e. The maximum atomic E-state index is 11.7. The molecule has 5 heteroatoms. The molecular formula is C9H15N3O2. The Balaban J connectivity index is 2.95. The minimum Gasteiger partial charge on any atom is -0.324 e. The van der Waals surface area contributed by atoms with E-state index < -0.39 is 0 Å². The van der Waals surface area contributed by atoms with E-state index in [2.05, 4.69) is 4.98 Å². The molecule has 0 radical (unpaired) electrons. The van der Waals surface area contributed by atoms with E-state index in [4.69, 9.17) is 4.84 Å². The van der Waals surface area contributed by atoms with Crippen LogP contribution in [0.3, 0.4) is 0 Å². The highest BCUT2D eigenvalue weighted by molar-refractivity contribution is 5.89. The van der Waals surface area contributed by atoms with Gasteiger partial charge in [0.1, 0.15) is 0 Å². The quantitative estimate of drug-likeness (QED) is 0.682. The summed E-state index contributed by atoms with van der Waals surface area (Å²) in [6, 6.07) is 0.210. The molecule has 0 N–H and O–H groups in total. The maximum absolute atomic E-state index is 11.7. The Morgan fingerprint density at radius 2 is 2.29 bits per heavy atom. The maximum Gasteiger partial charge on any atom is 0.313 e. The molecule has 1 aromatic rings. The van der Waals surface area contributed by atoms with Gasteiger partial charge in [-0.15, -0.1) is 0 Å². The standard InChI is InChI=1S/C9H15N3O2/c1-7(2)12-6-5-10-8(12)9(13)11(3)14-4/h5-7H,1-4H3. The van der Waals surface area contributed by atoms with E-state index in [1.54, 1.807) is 24.0 Å². The van der Waals surface area contributed by atoms with E-state index in [0.29, 0.717) is 5.82 Å². The van der Waals surface area contributed by atoms with Crippen LogP contribution < -0.4 is 0 Å². The summed E-state index contributed by atoms with van der Waals surface area (Å²) in [7, 11) is 3.00. The van der Waals surface area contributed by atoms with Crippen molar-refractivity contribution in [3.05, 3.63) is 18.2 Å². The monoisotopic (exact) mass is 197 g/mol. The average Bonchev–Trinajstić information content (AvgIpc) is 2.63. The number of nitrogens with zero attached hydrogens (tertiary/aromatic N) is 3. The lowest BCUT2D eigenvalue weighted by Gasteiger charge is -2.15. The highest BCUT2D eigenvalue weighted by Crippen LogP contribution is 2.09. The molecule has 1 aromatic heterocycles. The molecule has 0 aromatic carbocycles. The van der Waals surface area contributed by atoms with Crippen molar-refractivity contribution in [2.45, 2.75) is 19.9 Å². The minimum absolute atomic E-state index is 0.210. The van der Waals surface area contributed by atoms with E-state index in [1.165, 1.54) is 7.11 Å². The summed E-state index contributed by atoms with van der Waals surface area (Å²) in [5.41, 5.74) is 0. The second-order valence-corrected chi connectivity index (χ2v) is 3.24. The van der Waals surface area contributed by atoms with Crippen molar-refractivity contribution in [3.8, 4) is 0 Å². The normalized spacial score (nSPS) is 10.6. The Kier molecular flexibility index (Phi) is 3.24. The predicted octanol–water partition coefficient (Wildman–Crippen LogP) is 1.10. The Morgan fingerprint density at radius 1 is 1.64 bits per heavy atom. The lowest BCUT2D eigenvalue weighted by Crippen LogP contribution is -2.28. The first kappa shape index (κ1) is 10.7. The Hall–Kier alpha value is -1.36. The number of rotatable bonds is 3. The first-order valence-corrected chi connectivity index (χ1v) is 4.43. The molecule has 78 valence electrons. The number of hydrogen-bond donors (Lipinski definition) is 0. The van der Waals surface area contributed by atoms with Crippen molar-refractivity contribution in [1.82, 2.24) is 14.6 Å². The van der Waals surface area contributed by atoms with E-state index in [-0.39, 0.29) is 11.9 Å². The summed E-state index contributed by atoms with van der Waals surface area (Å²) in [6.45, 7) is 3.98. The van der Waals surface area contributed by atoms with Crippen molar-refractivity contribution in [2.24, 2.45) is 0 Å². The van der Waals surface area contributed by atoms with Crippen LogP contribution in [0, 0.1) is 0 Å². The lowest BCUT2D eigenvalue weighted by atomic mass is 10.4. The first-order valence-electron chi connectivity index (χ1n) is 4.43. The van der Waals surface area contributed by atoms with Gasteiger partial charge in [-0.25, -0.2) is 10.0 Å². The van der Waals surface area contributed by atoms with Crippen LogP contribution in [-0.4, -0.2) is 34.7 Å². The van der Waals surface area contributed by atoms with Crippen LogP contribution in [-0.2, 0) is 4.84 Å². The van der Waals surface area contributed by atoms with Gasteiger partial charge in [0.25, 0.3) is 0 Å². The highest BCUT2D eigenvalue weighted by Gasteiger charge is 2.18. The molecule has 1 amide bonds. The molecule has 0 spiro atoms. The van der Waals surface area contributed by atoms with Gasteiger partial charge >= 0.3 is 5.91 Å².